The first-order valence-corrected chi connectivity index (χ1v) is 20.4. The summed E-state index contributed by atoms with van der Waals surface area (Å²) < 4.78 is 1.87. The Morgan fingerprint density at radius 2 is 0.661 bits per heavy atom. The molecular formula is C53H30Br2O. The highest BCUT2D eigenvalue weighted by atomic mass is 79.9. The maximum absolute atomic E-state index is 15.3. The lowest BCUT2D eigenvalue weighted by Gasteiger charge is -2.23. The summed E-state index contributed by atoms with van der Waals surface area (Å²) in [6, 6.07) is 64.6. The molecule has 0 aliphatic carbocycles. The molecule has 0 fully saturated rings. The summed E-state index contributed by atoms with van der Waals surface area (Å²) in [5.41, 5.74) is 10.4. The van der Waals surface area contributed by atoms with Crippen LogP contribution in [0.5, 0.6) is 0 Å². The Balaban J connectivity index is 1.45. The zero-order valence-electron chi connectivity index (χ0n) is 30.0. The molecule has 0 aromatic heterocycles. The van der Waals surface area contributed by atoms with Crippen molar-refractivity contribution in [3.63, 3.8) is 0 Å². The summed E-state index contributed by atoms with van der Waals surface area (Å²) in [7, 11) is 0. The van der Waals surface area contributed by atoms with Crippen LogP contribution in [0.15, 0.2) is 196 Å². The minimum absolute atomic E-state index is 0.0406. The summed E-state index contributed by atoms with van der Waals surface area (Å²) in [6.45, 7) is 0. The Morgan fingerprint density at radius 3 is 1.12 bits per heavy atom. The van der Waals surface area contributed by atoms with E-state index in [0.29, 0.717) is 0 Å². The van der Waals surface area contributed by atoms with Crippen molar-refractivity contribution in [1.29, 1.82) is 0 Å². The molecule has 0 heterocycles. The molecule has 11 aromatic carbocycles. The van der Waals surface area contributed by atoms with Crippen molar-refractivity contribution in [2.45, 2.75) is 0 Å². The molecule has 0 saturated heterocycles. The maximum atomic E-state index is 15.3. The molecule has 0 spiro atoms. The van der Waals surface area contributed by atoms with Crippen LogP contribution in [-0.4, -0.2) is 0 Å². The highest BCUT2D eigenvalue weighted by Gasteiger charge is 2.28. The molecule has 0 N–H and O–H groups in total. The van der Waals surface area contributed by atoms with E-state index in [1.54, 1.807) is 0 Å². The zero-order valence-corrected chi connectivity index (χ0v) is 33.2. The molecule has 11 rings (SSSR count). The van der Waals surface area contributed by atoms with Gasteiger partial charge in [-0.3, -0.25) is 4.79 Å². The van der Waals surface area contributed by atoms with Crippen LogP contribution >= 0.6 is 31.9 Å². The van der Waals surface area contributed by atoms with Crippen molar-refractivity contribution in [2.75, 3.05) is 0 Å². The first-order chi connectivity index (χ1) is 27.6. The maximum Gasteiger partial charge on any atom is 0.195 e. The summed E-state index contributed by atoms with van der Waals surface area (Å²) in [6.07, 6.45) is 0. The van der Waals surface area contributed by atoms with Gasteiger partial charge in [-0.15, -0.1) is 0 Å². The van der Waals surface area contributed by atoms with Gasteiger partial charge in [0.05, 0.1) is 0 Å². The summed E-state index contributed by atoms with van der Waals surface area (Å²) in [5.74, 6) is 0. The molecule has 262 valence electrons. The van der Waals surface area contributed by atoms with E-state index < -0.39 is 0 Å². The van der Waals surface area contributed by atoms with Crippen molar-refractivity contribution in [1.82, 2.24) is 0 Å². The van der Waals surface area contributed by atoms with Crippen molar-refractivity contribution in [3.8, 4) is 55.6 Å². The van der Waals surface area contributed by atoms with Crippen LogP contribution in [-0.2, 0) is 0 Å². The van der Waals surface area contributed by atoms with Gasteiger partial charge in [0.2, 0.25) is 0 Å². The van der Waals surface area contributed by atoms with E-state index in [1.807, 2.05) is 24.3 Å². The Labute approximate surface area is 340 Å². The van der Waals surface area contributed by atoms with E-state index in [9.17, 15) is 0 Å². The van der Waals surface area contributed by atoms with Crippen LogP contribution in [0.4, 0.5) is 0 Å². The van der Waals surface area contributed by atoms with Gasteiger partial charge in [-0.05, 0) is 118 Å². The summed E-state index contributed by atoms with van der Waals surface area (Å²) in [5, 5.41) is 11.3. The second-order valence-corrected chi connectivity index (χ2v) is 16.3. The van der Waals surface area contributed by atoms with Crippen LogP contribution in [0.25, 0.3) is 109 Å². The molecule has 0 aliphatic rings. The van der Waals surface area contributed by atoms with Crippen molar-refractivity contribution >= 4 is 85.7 Å². The fourth-order valence-corrected chi connectivity index (χ4v) is 10.1. The fraction of sp³-hybridized carbons (Fsp3) is 0. The van der Waals surface area contributed by atoms with Gasteiger partial charge < -0.3 is 0 Å². The molecular weight excluding hydrogens is 812 g/mol. The van der Waals surface area contributed by atoms with Crippen molar-refractivity contribution in [2.24, 2.45) is 0 Å². The third-order valence-electron chi connectivity index (χ3n) is 11.4. The molecule has 1 nitrogen and oxygen atoms in total. The third-order valence-corrected chi connectivity index (χ3v) is 12.4. The van der Waals surface area contributed by atoms with Crippen LogP contribution < -0.4 is 5.43 Å². The average Bonchev–Trinajstić information content (AvgIpc) is 3.56. The van der Waals surface area contributed by atoms with Gasteiger partial charge >= 0.3 is 0 Å². The summed E-state index contributed by atoms with van der Waals surface area (Å²) in [4.78, 5) is 15.3. The van der Waals surface area contributed by atoms with Gasteiger partial charge in [-0.2, -0.15) is 0 Å². The first kappa shape index (κ1) is 33.2. The predicted octanol–water partition coefficient (Wildman–Crippen LogP) is 15.5. The van der Waals surface area contributed by atoms with E-state index >= 15 is 4.79 Å². The fourth-order valence-electron chi connectivity index (χ4n) is 9.28. The lowest BCUT2D eigenvalue weighted by atomic mass is 9.79. The topological polar surface area (TPSA) is 17.1 Å². The Hall–Kier alpha value is -6.13. The molecule has 0 atom stereocenters. The zero-order chi connectivity index (χ0) is 37.5. The van der Waals surface area contributed by atoms with E-state index in [1.165, 1.54) is 54.6 Å². The second kappa shape index (κ2) is 13.0. The van der Waals surface area contributed by atoms with Crippen LogP contribution in [0, 0.1) is 0 Å². The monoisotopic (exact) mass is 840 g/mol. The van der Waals surface area contributed by atoms with Gasteiger partial charge in [0, 0.05) is 30.8 Å². The van der Waals surface area contributed by atoms with Gasteiger partial charge in [0.25, 0.3) is 0 Å². The summed E-state index contributed by atoms with van der Waals surface area (Å²) >= 11 is 7.44. The largest absolute Gasteiger partial charge is 0.289 e. The minimum Gasteiger partial charge on any atom is -0.289 e. The Kier molecular flexibility index (Phi) is 7.70. The molecule has 0 unspecified atom stereocenters. The highest BCUT2D eigenvalue weighted by Crippen LogP contribution is 2.54. The minimum atomic E-state index is 0.0406. The number of rotatable bonds is 5. The quantitative estimate of drug-likeness (QED) is 0.125. The van der Waals surface area contributed by atoms with Crippen LogP contribution in [0.1, 0.15) is 0 Å². The molecule has 11 aromatic rings. The number of fused-ring (bicyclic) bond motifs is 6. The SMILES string of the molecule is O=c1c(-c2cccc(Br)c2)c2c3cccc4c5c(-c6ccccc6)cc(-c6ccccc6)c(-c6ccccc6)c5c5cccc(c2c1-c1cccc(Br)c1)c5c43. The van der Waals surface area contributed by atoms with Gasteiger partial charge in [0.1, 0.15) is 0 Å². The molecule has 56 heavy (non-hydrogen) atoms. The smallest absolute Gasteiger partial charge is 0.195 e. The average molecular weight is 843 g/mol. The van der Waals surface area contributed by atoms with E-state index in [4.69, 9.17) is 0 Å². The lowest BCUT2D eigenvalue weighted by Crippen LogP contribution is -2.01. The number of hydrogen-bond donors (Lipinski definition) is 0. The normalized spacial score (nSPS) is 11.8. The molecule has 0 radical (unpaired) electrons. The number of benzene rings is 10. The predicted molar refractivity (Wildman–Crippen MR) is 245 cm³/mol. The standard InChI is InChI=1S/C53H30Br2O/c54-36-22-10-20-34(28-36)45-51-40-26-12-24-38-47(40)48-39(25-13-27-41(48)52(51)46(53(45)56)35-21-11-23-37(55)29-35)50-44(33-18-8-3-9-19-33)42(31-14-4-1-5-15-31)30-43(49(38)50)32-16-6-2-7-17-32/h1-30H. The second-order valence-electron chi connectivity index (χ2n) is 14.5. The molecule has 0 saturated carbocycles. The van der Waals surface area contributed by atoms with Crippen molar-refractivity contribution in [3.05, 3.63) is 201 Å². The van der Waals surface area contributed by atoms with Gasteiger partial charge in [0.15, 0.2) is 5.43 Å². The molecule has 0 amide bonds. The van der Waals surface area contributed by atoms with Crippen molar-refractivity contribution < 1.29 is 0 Å². The third kappa shape index (κ3) is 4.94. The van der Waals surface area contributed by atoms with E-state index in [0.717, 1.165) is 63.9 Å². The van der Waals surface area contributed by atoms with Gasteiger partial charge in [-0.1, -0.05) is 184 Å². The van der Waals surface area contributed by atoms with Crippen LogP contribution in [0.3, 0.4) is 0 Å². The van der Waals surface area contributed by atoms with E-state index in [2.05, 4.69) is 190 Å². The van der Waals surface area contributed by atoms with Gasteiger partial charge in [-0.25, -0.2) is 0 Å². The number of halogens is 2. The molecule has 0 bridgehead atoms. The van der Waals surface area contributed by atoms with E-state index in [-0.39, 0.29) is 5.43 Å². The Morgan fingerprint density at radius 1 is 0.286 bits per heavy atom. The molecule has 3 heteroatoms. The lowest BCUT2D eigenvalue weighted by molar-refractivity contribution is 1.58. The Bertz CT molecular complexity index is 3380. The molecule has 0 aliphatic heterocycles. The first-order valence-electron chi connectivity index (χ1n) is 18.8. The van der Waals surface area contributed by atoms with Crippen LogP contribution in [0.2, 0.25) is 0 Å². The number of hydrogen-bond acceptors (Lipinski definition) is 1. The highest BCUT2D eigenvalue weighted by molar-refractivity contribution is 9.10.